The molecule has 2 heterocycles. The van der Waals surface area contributed by atoms with Crippen LogP contribution in [0.1, 0.15) is 5.69 Å². The normalized spacial score (nSPS) is 10.0. The van der Waals surface area contributed by atoms with E-state index in [1.54, 1.807) is 18.3 Å². The molecule has 4 heteroatoms. The average molecular weight is 204 g/mol. The van der Waals surface area contributed by atoms with Gasteiger partial charge in [0.05, 0.1) is 23.2 Å². The Bertz CT molecular complexity index is 516. The van der Waals surface area contributed by atoms with Crippen LogP contribution in [0.15, 0.2) is 24.4 Å². The third-order valence-corrected chi connectivity index (χ3v) is 2.20. The van der Waals surface area contributed by atoms with Crippen molar-refractivity contribution in [3.8, 4) is 6.07 Å². The highest BCUT2D eigenvalue weighted by Gasteiger charge is 2.01. The van der Waals surface area contributed by atoms with Crippen molar-refractivity contribution in [2.24, 2.45) is 0 Å². The van der Waals surface area contributed by atoms with Gasteiger partial charge in [-0.25, -0.2) is 9.97 Å². The highest BCUT2D eigenvalue weighted by atomic mass is 35.5. The van der Waals surface area contributed by atoms with Gasteiger partial charge < -0.3 is 0 Å². The third-order valence-electron chi connectivity index (χ3n) is 1.87. The summed E-state index contributed by atoms with van der Waals surface area (Å²) in [7, 11) is 0. The van der Waals surface area contributed by atoms with Gasteiger partial charge in [0, 0.05) is 11.6 Å². The molecule has 0 unspecified atom stereocenters. The molecule has 3 nitrogen and oxygen atoms in total. The van der Waals surface area contributed by atoms with Crippen LogP contribution in [-0.2, 0) is 6.42 Å². The van der Waals surface area contributed by atoms with Crippen molar-refractivity contribution in [1.29, 1.82) is 5.26 Å². The van der Waals surface area contributed by atoms with Gasteiger partial charge in [-0.3, -0.25) is 0 Å². The molecule has 0 fully saturated rings. The fraction of sp³-hybridized carbons (Fsp3) is 0.100. The van der Waals surface area contributed by atoms with Crippen LogP contribution in [0.4, 0.5) is 0 Å². The molecular weight excluding hydrogens is 198 g/mol. The van der Waals surface area contributed by atoms with Gasteiger partial charge in [0.2, 0.25) is 0 Å². The van der Waals surface area contributed by atoms with Gasteiger partial charge in [-0.2, -0.15) is 5.26 Å². The first-order valence-corrected chi connectivity index (χ1v) is 4.46. The van der Waals surface area contributed by atoms with E-state index in [2.05, 4.69) is 9.97 Å². The Kier molecular flexibility index (Phi) is 2.30. The van der Waals surface area contributed by atoms with E-state index in [1.807, 2.05) is 12.1 Å². The number of aromatic nitrogens is 2. The first-order chi connectivity index (χ1) is 6.81. The summed E-state index contributed by atoms with van der Waals surface area (Å²) < 4.78 is 0. The molecule has 0 radical (unpaired) electrons. The summed E-state index contributed by atoms with van der Waals surface area (Å²) in [6.45, 7) is 0. The minimum absolute atomic E-state index is 0.296. The van der Waals surface area contributed by atoms with Crippen molar-refractivity contribution in [3.05, 3.63) is 35.1 Å². The summed E-state index contributed by atoms with van der Waals surface area (Å²) in [5, 5.41) is 9.96. The van der Waals surface area contributed by atoms with Crippen molar-refractivity contribution in [1.82, 2.24) is 9.97 Å². The highest BCUT2D eigenvalue weighted by molar-refractivity contribution is 6.35. The standard InChI is InChI=1S/C10H6ClN3/c11-9-4-6-13-10-8(9)2-1-7(14-10)3-5-12/h1-2,4,6H,3H2. The number of nitrogens with zero attached hydrogens (tertiary/aromatic N) is 3. The zero-order valence-electron chi connectivity index (χ0n) is 7.24. The fourth-order valence-electron chi connectivity index (χ4n) is 1.21. The number of hydrogen-bond acceptors (Lipinski definition) is 3. The van der Waals surface area contributed by atoms with E-state index in [0.29, 0.717) is 17.1 Å². The van der Waals surface area contributed by atoms with E-state index in [0.717, 1.165) is 11.1 Å². The largest absolute Gasteiger partial charge is 0.237 e. The minimum Gasteiger partial charge on any atom is -0.237 e. The molecule has 0 saturated carbocycles. The number of pyridine rings is 2. The summed E-state index contributed by atoms with van der Waals surface area (Å²) in [5.41, 5.74) is 1.31. The monoisotopic (exact) mass is 203 g/mol. The summed E-state index contributed by atoms with van der Waals surface area (Å²) in [6.07, 6.45) is 1.90. The van der Waals surface area contributed by atoms with E-state index in [1.165, 1.54) is 0 Å². The number of halogens is 1. The molecule has 0 aliphatic carbocycles. The molecular formula is C10H6ClN3. The maximum absolute atomic E-state index is 8.51. The zero-order chi connectivity index (χ0) is 9.97. The predicted molar refractivity (Wildman–Crippen MR) is 53.9 cm³/mol. The number of rotatable bonds is 1. The summed E-state index contributed by atoms with van der Waals surface area (Å²) in [5.74, 6) is 0. The Labute approximate surface area is 86.0 Å². The lowest BCUT2D eigenvalue weighted by Crippen LogP contribution is -1.90. The van der Waals surface area contributed by atoms with Crippen LogP contribution in [0.25, 0.3) is 11.0 Å². The van der Waals surface area contributed by atoms with Crippen LogP contribution < -0.4 is 0 Å². The first kappa shape index (κ1) is 8.92. The Morgan fingerprint density at radius 2 is 2.21 bits per heavy atom. The Morgan fingerprint density at radius 3 is 3.00 bits per heavy atom. The van der Waals surface area contributed by atoms with Gasteiger partial charge in [-0.1, -0.05) is 11.6 Å². The lowest BCUT2D eigenvalue weighted by atomic mass is 10.2. The molecule has 2 aromatic heterocycles. The molecule has 0 saturated heterocycles. The molecule has 0 aliphatic rings. The van der Waals surface area contributed by atoms with Crippen LogP contribution in [0, 0.1) is 11.3 Å². The van der Waals surface area contributed by atoms with Crippen LogP contribution in [0.2, 0.25) is 5.02 Å². The molecule has 2 rings (SSSR count). The molecule has 0 aliphatic heterocycles. The van der Waals surface area contributed by atoms with Gasteiger partial charge in [-0.15, -0.1) is 0 Å². The van der Waals surface area contributed by atoms with E-state index in [-0.39, 0.29) is 0 Å². The van der Waals surface area contributed by atoms with Crippen molar-refractivity contribution in [2.45, 2.75) is 6.42 Å². The molecule has 0 bridgehead atoms. The van der Waals surface area contributed by atoms with Crippen molar-refractivity contribution in [3.63, 3.8) is 0 Å². The summed E-state index contributed by atoms with van der Waals surface area (Å²) in [4.78, 5) is 8.29. The van der Waals surface area contributed by atoms with Gasteiger partial charge >= 0.3 is 0 Å². The number of fused-ring (bicyclic) bond motifs is 1. The topological polar surface area (TPSA) is 49.6 Å². The van der Waals surface area contributed by atoms with Crippen molar-refractivity contribution >= 4 is 22.6 Å². The van der Waals surface area contributed by atoms with Crippen LogP contribution in [-0.4, -0.2) is 9.97 Å². The molecule has 0 N–H and O–H groups in total. The van der Waals surface area contributed by atoms with Gasteiger partial charge in [0.15, 0.2) is 5.65 Å². The van der Waals surface area contributed by atoms with Crippen LogP contribution in [0.3, 0.4) is 0 Å². The van der Waals surface area contributed by atoms with Gasteiger partial charge in [-0.05, 0) is 18.2 Å². The molecule has 2 aromatic rings. The van der Waals surface area contributed by atoms with Crippen molar-refractivity contribution < 1.29 is 0 Å². The maximum atomic E-state index is 8.51. The Morgan fingerprint density at radius 1 is 1.36 bits per heavy atom. The predicted octanol–water partition coefficient (Wildman–Crippen LogP) is 2.35. The smallest absolute Gasteiger partial charge is 0.160 e. The second-order valence-electron chi connectivity index (χ2n) is 2.80. The molecule has 0 amide bonds. The van der Waals surface area contributed by atoms with E-state index < -0.39 is 0 Å². The average Bonchev–Trinajstić information content (AvgIpc) is 2.18. The number of hydrogen-bond donors (Lipinski definition) is 0. The van der Waals surface area contributed by atoms with E-state index in [4.69, 9.17) is 16.9 Å². The summed E-state index contributed by atoms with van der Waals surface area (Å²) >= 11 is 5.94. The lowest BCUT2D eigenvalue weighted by molar-refractivity contribution is 1.12. The van der Waals surface area contributed by atoms with Crippen molar-refractivity contribution in [2.75, 3.05) is 0 Å². The van der Waals surface area contributed by atoms with E-state index in [9.17, 15) is 0 Å². The SMILES string of the molecule is N#CCc1ccc2c(Cl)ccnc2n1. The molecule has 68 valence electrons. The van der Waals surface area contributed by atoms with E-state index >= 15 is 0 Å². The number of nitriles is 1. The second-order valence-corrected chi connectivity index (χ2v) is 3.21. The fourth-order valence-corrected chi connectivity index (χ4v) is 1.42. The van der Waals surface area contributed by atoms with Crippen LogP contribution >= 0.6 is 11.6 Å². The first-order valence-electron chi connectivity index (χ1n) is 4.08. The third kappa shape index (κ3) is 1.52. The lowest BCUT2D eigenvalue weighted by Gasteiger charge is -1.99. The minimum atomic E-state index is 0.296. The molecule has 14 heavy (non-hydrogen) atoms. The van der Waals surface area contributed by atoms with Gasteiger partial charge in [0.1, 0.15) is 0 Å². The zero-order valence-corrected chi connectivity index (χ0v) is 7.99. The summed E-state index contributed by atoms with van der Waals surface area (Å²) in [6, 6.07) is 7.39. The second kappa shape index (κ2) is 3.60. The quantitative estimate of drug-likeness (QED) is 0.715. The Balaban J connectivity index is 2.63. The van der Waals surface area contributed by atoms with Crippen LogP contribution in [0.5, 0.6) is 0 Å². The highest BCUT2D eigenvalue weighted by Crippen LogP contribution is 2.19. The maximum Gasteiger partial charge on any atom is 0.160 e. The Hall–Kier alpha value is -1.66. The molecule has 0 aromatic carbocycles. The molecule has 0 atom stereocenters. The molecule has 0 spiro atoms. The van der Waals surface area contributed by atoms with Gasteiger partial charge in [0.25, 0.3) is 0 Å².